The lowest BCUT2D eigenvalue weighted by Gasteiger charge is -2.12. The van der Waals surface area contributed by atoms with Crippen molar-refractivity contribution in [1.29, 1.82) is 0 Å². The molecule has 0 unspecified atom stereocenters. The number of amides is 1. The normalized spacial score (nSPS) is 10.7. The molecule has 1 heterocycles. The van der Waals surface area contributed by atoms with Crippen LogP contribution < -0.4 is 0 Å². The minimum Gasteiger partial charge on any atom is -0.350 e. The van der Waals surface area contributed by atoms with E-state index in [1.807, 2.05) is 31.2 Å². The summed E-state index contributed by atoms with van der Waals surface area (Å²) in [5.74, 6) is 0.0230. The quantitative estimate of drug-likeness (QED) is 0.902. The highest BCUT2D eigenvalue weighted by atomic mass is 79.9. The van der Waals surface area contributed by atoms with E-state index in [9.17, 15) is 4.79 Å². The van der Waals surface area contributed by atoms with E-state index in [2.05, 4.69) is 20.9 Å². The van der Waals surface area contributed by atoms with Crippen LogP contribution in [0.25, 0.3) is 10.9 Å². The van der Waals surface area contributed by atoms with E-state index in [4.69, 9.17) is 0 Å². The van der Waals surface area contributed by atoms with Gasteiger partial charge in [0, 0.05) is 29.0 Å². The van der Waals surface area contributed by atoms with Crippen molar-refractivity contribution in [2.24, 2.45) is 0 Å². The second-order valence-corrected chi connectivity index (χ2v) is 4.65. The van der Waals surface area contributed by atoms with Gasteiger partial charge in [-0.3, -0.25) is 4.79 Å². The van der Waals surface area contributed by atoms with Crippen molar-refractivity contribution in [2.45, 2.75) is 6.92 Å². The van der Waals surface area contributed by atoms with Crippen LogP contribution in [0.3, 0.4) is 0 Å². The van der Waals surface area contributed by atoms with Crippen molar-refractivity contribution in [1.82, 2.24) is 9.88 Å². The van der Waals surface area contributed by atoms with E-state index < -0.39 is 0 Å². The van der Waals surface area contributed by atoms with Crippen LogP contribution in [0.15, 0.2) is 28.7 Å². The Labute approximate surface area is 103 Å². The molecular weight excluding hydrogens is 268 g/mol. The molecule has 0 aliphatic heterocycles. The SMILES string of the molecule is CCN(C)C(=O)c1cc2ccc(Br)cc2[nH]1. The summed E-state index contributed by atoms with van der Waals surface area (Å²) in [5.41, 5.74) is 1.61. The molecule has 0 saturated heterocycles. The number of fused-ring (bicyclic) bond motifs is 1. The van der Waals surface area contributed by atoms with E-state index in [0.29, 0.717) is 12.2 Å². The van der Waals surface area contributed by atoms with Crippen LogP contribution in [-0.4, -0.2) is 29.4 Å². The average Bonchev–Trinajstić information content (AvgIpc) is 2.69. The highest BCUT2D eigenvalue weighted by Gasteiger charge is 2.12. The number of H-pyrrole nitrogens is 1. The second kappa shape index (κ2) is 4.29. The van der Waals surface area contributed by atoms with E-state index in [-0.39, 0.29) is 5.91 Å². The van der Waals surface area contributed by atoms with Gasteiger partial charge in [-0.1, -0.05) is 22.0 Å². The van der Waals surface area contributed by atoms with Crippen LogP contribution in [0.2, 0.25) is 0 Å². The molecule has 0 atom stereocenters. The minimum atomic E-state index is 0.0230. The number of hydrogen-bond acceptors (Lipinski definition) is 1. The molecule has 1 N–H and O–H groups in total. The molecule has 3 nitrogen and oxygen atoms in total. The van der Waals surface area contributed by atoms with Gasteiger partial charge in [0.15, 0.2) is 0 Å². The van der Waals surface area contributed by atoms with Gasteiger partial charge < -0.3 is 9.88 Å². The number of aromatic amines is 1. The lowest BCUT2D eigenvalue weighted by Crippen LogP contribution is -2.26. The number of carbonyl (C=O) groups excluding carboxylic acids is 1. The summed E-state index contributed by atoms with van der Waals surface area (Å²) in [4.78, 5) is 16.7. The van der Waals surface area contributed by atoms with Crippen LogP contribution in [0.5, 0.6) is 0 Å². The lowest BCUT2D eigenvalue weighted by atomic mass is 10.2. The van der Waals surface area contributed by atoms with E-state index in [0.717, 1.165) is 15.4 Å². The topological polar surface area (TPSA) is 36.1 Å². The molecule has 0 fully saturated rings. The molecule has 0 aliphatic carbocycles. The van der Waals surface area contributed by atoms with Crippen LogP contribution in [0.4, 0.5) is 0 Å². The molecule has 16 heavy (non-hydrogen) atoms. The maximum absolute atomic E-state index is 11.9. The summed E-state index contributed by atoms with van der Waals surface area (Å²) >= 11 is 3.41. The molecule has 0 radical (unpaired) electrons. The van der Waals surface area contributed by atoms with E-state index in [1.165, 1.54) is 0 Å². The third-order valence-electron chi connectivity index (χ3n) is 2.64. The Hall–Kier alpha value is -1.29. The smallest absolute Gasteiger partial charge is 0.270 e. The van der Waals surface area contributed by atoms with E-state index >= 15 is 0 Å². The predicted molar refractivity (Wildman–Crippen MR) is 68.6 cm³/mol. The molecule has 1 amide bonds. The Kier molecular flexibility index (Phi) is 3.01. The zero-order valence-electron chi connectivity index (χ0n) is 9.25. The third kappa shape index (κ3) is 1.97. The molecule has 0 aliphatic rings. The van der Waals surface area contributed by atoms with Gasteiger partial charge in [-0.25, -0.2) is 0 Å². The number of hydrogen-bond donors (Lipinski definition) is 1. The Bertz CT molecular complexity index is 533. The van der Waals surface area contributed by atoms with Gasteiger partial charge in [-0.05, 0) is 25.1 Å². The Balaban J connectivity index is 2.43. The van der Waals surface area contributed by atoms with Gasteiger partial charge in [0.05, 0.1) is 0 Å². The molecule has 1 aromatic heterocycles. The van der Waals surface area contributed by atoms with Gasteiger partial charge in [-0.2, -0.15) is 0 Å². The zero-order valence-corrected chi connectivity index (χ0v) is 10.8. The fourth-order valence-electron chi connectivity index (χ4n) is 1.56. The monoisotopic (exact) mass is 280 g/mol. The second-order valence-electron chi connectivity index (χ2n) is 3.73. The van der Waals surface area contributed by atoms with Gasteiger partial charge >= 0.3 is 0 Å². The number of benzene rings is 1. The fourth-order valence-corrected chi connectivity index (χ4v) is 1.92. The first-order valence-electron chi connectivity index (χ1n) is 5.15. The molecular formula is C12H13BrN2O. The maximum Gasteiger partial charge on any atom is 0.270 e. The number of rotatable bonds is 2. The van der Waals surface area contributed by atoms with Crippen molar-refractivity contribution in [3.8, 4) is 0 Å². The van der Waals surface area contributed by atoms with Crippen LogP contribution in [0, 0.1) is 0 Å². The molecule has 84 valence electrons. The standard InChI is InChI=1S/C12H13BrN2O/c1-3-15(2)12(16)11-6-8-4-5-9(13)7-10(8)14-11/h4-7,14H,3H2,1-2H3. The van der Waals surface area contributed by atoms with Crippen molar-refractivity contribution < 1.29 is 4.79 Å². The van der Waals surface area contributed by atoms with Crippen molar-refractivity contribution in [2.75, 3.05) is 13.6 Å². The van der Waals surface area contributed by atoms with Crippen LogP contribution >= 0.6 is 15.9 Å². The minimum absolute atomic E-state index is 0.0230. The number of aromatic nitrogens is 1. The zero-order chi connectivity index (χ0) is 11.7. The van der Waals surface area contributed by atoms with Gasteiger partial charge in [0.25, 0.3) is 5.91 Å². The molecule has 2 aromatic rings. The fraction of sp³-hybridized carbons (Fsp3) is 0.250. The van der Waals surface area contributed by atoms with Crippen LogP contribution in [-0.2, 0) is 0 Å². The lowest BCUT2D eigenvalue weighted by molar-refractivity contribution is 0.0797. The Morgan fingerprint density at radius 2 is 2.19 bits per heavy atom. The summed E-state index contributed by atoms with van der Waals surface area (Å²) in [5, 5.41) is 1.05. The number of nitrogens with zero attached hydrogens (tertiary/aromatic N) is 1. The summed E-state index contributed by atoms with van der Waals surface area (Å²) in [6.07, 6.45) is 0. The summed E-state index contributed by atoms with van der Waals surface area (Å²) in [6.45, 7) is 2.66. The molecule has 0 bridgehead atoms. The molecule has 0 saturated carbocycles. The van der Waals surface area contributed by atoms with Gasteiger partial charge in [0.1, 0.15) is 5.69 Å². The summed E-state index contributed by atoms with van der Waals surface area (Å²) in [6, 6.07) is 7.81. The summed E-state index contributed by atoms with van der Waals surface area (Å²) in [7, 11) is 1.80. The van der Waals surface area contributed by atoms with Crippen molar-refractivity contribution in [3.63, 3.8) is 0 Å². The predicted octanol–water partition coefficient (Wildman–Crippen LogP) is 3.02. The highest BCUT2D eigenvalue weighted by molar-refractivity contribution is 9.10. The molecule has 4 heteroatoms. The number of carbonyl (C=O) groups is 1. The largest absolute Gasteiger partial charge is 0.350 e. The number of nitrogens with one attached hydrogen (secondary N) is 1. The maximum atomic E-state index is 11.9. The van der Waals surface area contributed by atoms with E-state index in [1.54, 1.807) is 11.9 Å². The highest BCUT2D eigenvalue weighted by Crippen LogP contribution is 2.20. The third-order valence-corrected chi connectivity index (χ3v) is 3.13. The molecule has 2 rings (SSSR count). The Morgan fingerprint density at radius 3 is 2.88 bits per heavy atom. The first kappa shape index (κ1) is 11.2. The molecule has 1 aromatic carbocycles. The Morgan fingerprint density at radius 1 is 1.44 bits per heavy atom. The summed E-state index contributed by atoms with van der Waals surface area (Å²) < 4.78 is 1.00. The van der Waals surface area contributed by atoms with Gasteiger partial charge in [0.2, 0.25) is 0 Å². The first-order valence-corrected chi connectivity index (χ1v) is 5.95. The van der Waals surface area contributed by atoms with Crippen molar-refractivity contribution >= 4 is 32.7 Å². The van der Waals surface area contributed by atoms with Crippen molar-refractivity contribution in [3.05, 3.63) is 34.4 Å². The number of halogens is 1. The first-order chi connectivity index (χ1) is 7.61. The van der Waals surface area contributed by atoms with Gasteiger partial charge in [-0.15, -0.1) is 0 Å². The molecule has 0 spiro atoms. The average molecular weight is 281 g/mol. The van der Waals surface area contributed by atoms with Crippen LogP contribution in [0.1, 0.15) is 17.4 Å².